The van der Waals surface area contributed by atoms with Crippen LogP contribution in [0.3, 0.4) is 0 Å². The maximum Gasteiger partial charge on any atom is 0.349 e. The molecular formula is C17H33O7PS. The number of hydrogen-bond donors (Lipinski definition) is 0. The molecule has 0 aromatic carbocycles. The molecule has 0 N–H and O–H groups in total. The molecule has 0 bridgehead atoms. The average molecular weight is 412 g/mol. The first-order valence-corrected chi connectivity index (χ1v) is 12.9. The van der Waals surface area contributed by atoms with Crippen LogP contribution in [0.2, 0.25) is 0 Å². The molecule has 1 aliphatic rings. The third kappa shape index (κ3) is 8.63. The molecule has 0 aliphatic carbocycles. The van der Waals surface area contributed by atoms with Gasteiger partial charge in [0.1, 0.15) is 0 Å². The maximum absolute atomic E-state index is 12.8. The van der Waals surface area contributed by atoms with Crippen LogP contribution < -0.4 is 0 Å². The Morgan fingerprint density at radius 1 is 1.19 bits per heavy atom. The van der Waals surface area contributed by atoms with Gasteiger partial charge in [-0.05, 0) is 52.4 Å². The van der Waals surface area contributed by atoms with Crippen molar-refractivity contribution in [3.05, 3.63) is 12.2 Å². The van der Waals surface area contributed by atoms with Crippen LogP contribution in [-0.4, -0.2) is 52.4 Å². The lowest BCUT2D eigenvalue weighted by Crippen LogP contribution is -2.22. The van der Waals surface area contributed by atoms with Crippen LogP contribution in [0, 0.1) is 0 Å². The Labute approximate surface area is 157 Å². The molecule has 9 heteroatoms. The fourth-order valence-electron chi connectivity index (χ4n) is 2.69. The number of allylic oxidation sites excluding steroid dienone is 2. The molecule has 2 unspecified atom stereocenters. The Balaban J connectivity index is 2.45. The summed E-state index contributed by atoms with van der Waals surface area (Å²) < 4.78 is 58.5. The lowest BCUT2D eigenvalue weighted by molar-refractivity contribution is -0.162. The van der Waals surface area contributed by atoms with Gasteiger partial charge in [-0.2, -0.15) is 0 Å². The fourth-order valence-corrected chi connectivity index (χ4v) is 6.90. The second-order valence-corrected chi connectivity index (χ2v) is 11.0. The third-order valence-electron chi connectivity index (χ3n) is 3.93. The van der Waals surface area contributed by atoms with E-state index in [0.29, 0.717) is 6.61 Å². The van der Waals surface area contributed by atoms with Crippen LogP contribution in [0.25, 0.3) is 0 Å². The smallest absolute Gasteiger partial charge is 0.349 e. The Morgan fingerprint density at radius 3 is 2.42 bits per heavy atom. The molecule has 154 valence electrons. The molecule has 0 saturated carbocycles. The van der Waals surface area contributed by atoms with Crippen molar-refractivity contribution in [3.8, 4) is 0 Å². The Kier molecular flexibility index (Phi) is 11.2. The van der Waals surface area contributed by atoms with Crippen molar-refractivity contribution in [2.24, 2.45) is 0 Å². The molecule has 0 amide bonds. The quantitative estimate of drug-likeness (QED) is 0.258. The van der Waals surface area contributed by atoms with Gasteiger partial charge in [-0.15, -0.1) is 0 Å². The molecule has 1 aliphatic heterocycles. The van der Waals surface area contributed by atoms with E-state index in [0.717, 1.165) is 45.0 Å². The van der Waals surface area contributed by atoms with Gasteiger partial charge in [-0.1, -0.05) is 12.2 Å². The molecule has 0 spiro atoms. The van der Waals surface area contributed by atoms with Gasteiger partial charge in [0.05, 0.1) is 19.8 Å². The van der Waals surface area contributed by atoms with E-state index < -0.39 is 22.4 Å². The summed E-state index contributed by atoms with van der Waals surface area (Å²) in [7, 11) is -7.30. The van der Waals surface area contributed by atoms with Gasteiger partial charge in [-0.25, -0.2) is 8.42 Å². The summed E-state index contributed by atoms with van der Waals surface area (Å²) >= 11 is 0. The summed E-state index contributed by atoms with van der Waals surface area (Å²) in [5.41, 5.74) is 0. The van der Waals surface area contributed by atoms with E-state index in [9.17, 15) is 13.0 Å². The van der Waals surface area contributed by atoms with Crippen LogP contribution in [0.15, 0.2) is 12.2 Å². The van der Waals surface area contributed by atoms with Crippen molar-refractivity contribution in [2.45, 2.75) is 63.7 Å². The highest BCUT2D eigenvalue weighted by Crippen LogP contribution is 2.56. The number of unbranched alkanes of at least 4 members (excludes halogenated alkanes) is 1. The van der Waals surface area contributed by atoms with Crippen LogP contribution in [-0.2, 0) is 32.9 Å². The van der Waals surface area contributed by atoms with E-state index in [4.69, 9.17) is 18.5 Å². The third-order valence-corrected chi connectivity index (χ3v) is 9.18. The largest absolute Gasteiger partial charge is 0.353 e. The summed E-state index contributed by atoms with van der Waals surface area (Å²) in [6.07, 6.45) is 9.41. The summed E-state index contributed by atoms with van der Waals surface area (Å²) in [4.78, 5) is -1.18. The fraction of sp³-hybridized carbons (Fsp3) is 0.882. The first-order chi connectivity index (χ1) is 12.3. The lowest BCUT2D eigenvalue weighted by atomic mass is 10.2. The number of rotatable bonds is 13. The van der Waals surface area contributed by atoms with E-state index >= 15 is 0 Å². The normalized spacial score (nSPS) is 20.5. The molecular weight excluding hydrogens is 379 g/mol. The zero-order valence-electron chi connectivity index (χ0n) is 16.1. The summed E-state index contributed by atoms with van der Waals surface area (Å²) in [6.45, 7) is 4.95. The molecule has 1 rings (SSSR count). The molecule has 7 nitrogen and oxygen atoms in total. The monoisotopic (exact) mass is 412 g/mol. The van der Waals surface area contributed by atoms with Crippen LogP contribution in [0.1, 0.15) is 52.4 Å². The minimum Gasteiger partial charge on any atom is -0.353 e. The van der Waals surface area contributed by atoms with Gasteiger partial charge in [0, 0.05) is 12.9 Å². The maximum atomic E-state index is 12.8. The van der Waals surface area contributed by atoms with E-state index in [2.05, 4.69) is 0 Å². The van der Waals surface area contributed by atoms with Crippen molar-refractivity contribution in [1.29, 1.82) is 0 Å². The van der Waals surface area contributed by atoms with Gasteiger partial charge < -0.3 is 18.5 Å². The number of ether oxygens (including phenoxy) is 2. The highest BCUT2D eigenvalue weighted by molar-refractivity contribution is 7.98. The van der Waals surface area contributed by atoms with E-state index in [-0.39, 0.29) is 25.9 Å². The van der Waals surface area contributed by atoms with Gasteiger partial charge >= 0.3 is 7.60 Å². The molecule has 0 radical (unpaired) electrons. The van der Waals surface area contributed by atoms with Crippen LogP contribution in [0.4, 0.5) is 0 Å². The van der Waals surface area contributed by atoms with Gasteiger partial charge in [0.2, 0.25) is 0 Å². The van der Waals surface area contributed by atoms with Gasteiger partial charge in [-0.3, -0.25) is 4.57 Å². The summed E-state index contributed by atoms with van der Waals surface area (Å²) in [5.74, 6) is 0. The molecule has 1 saturated heterocycles. The minimum atomic E-state index is -3.71. The van der Waals surface area contributed by atoms with Crippen LogP contribution in [0.5, 0.6) is 0 Å². The summed E-state index contributed by atoms with van der Waals surface area (Å²) in [5, 5.41) is 0. The number of hydrogen-bond acceptors (Lipinski definition) is 7. The SMILES string of the molecule is CCOP(=O)(OCC)C(C/C=C/CCCOC1CCCCO1)S(C)(=O)=O. The van der Waals surface area contributed by atoms with Gasteiger partial charge in [0.25, 0.3) is 0 Å². The minimum absolute atomic E-state index is 0.0920. The second-order valence-electron chi connectivity index (χ2n) is 6.18. The van der Waals surface area contributed by atoms with Crippen molar-refractivity contribution in [1.82, 2.24) is 0 Å². The van der Waals surface area contributed by atoms with Crippen molar-refractivity contribution in [3.63, 3.8) is 0 Å². The van der Waals surface area contributed by atoms with Crippen molar-refractivity contribution in [2.75, 3.05) is 32.7 Å². The van der Waals surface area contributed by atoms with E-state index in [1.807, 2.05) is 6.08 Å². The highest BCUT2D eigenvalue weighted by atomic mass is 32.2. The van der Waals surface area contributed by atoms with Crippen molar-refractivity contribution < 1.29 is 31.5 Å². The highest BCUT2D eigenvalue weighted by Gasteiger charge is 2.41. The topological polar surface area (TPSA) is 88.1 Å². The second kappa shape index (κ2) is 12.3. The molecule has 1 heterocycles. The molecule has 1 fully saturated rings. The molecule has 2 atom stereocenters. The van der Waals surface area contributed by atoms with E-state index in [1.54, 1.807) is 19.9 Å². The molecule has 26 heavy (non-hydrogen) atoms. The Morgan fingerprint density at radius 2 is 1.88 bits per heavy atom. The predicted octanol–water partition coefficient (Wildman–Crippen LogP) is 3.89. The Hall–Kier alpha value is -0.240. The Bertz CT molecular complexity index is 545. The predicted molar refractivity (Wildman–Crippen MR) is 102 cm³/mol. The summed E-state index contributed by atoms with van der Waals surface area (Å²) in [6, 6.07) is 0. The van der Waals surface area contributed by atoms with Crippen LogP contribution >= 0.6 is 7.60 Å². The van der Waals surface area contributed by atoms with Crippen molar-refractivity contribution >= 4 is 17.4 Å². The standard InChI is InChI=1S/C17H33O7PS/c1-4-23-25(18,24-5-2)17(26(3,19)20)13-8-6-7-10-14-21-16-12-9-11-15-22-16/h6,8,16-17H,4-5,7,9-15H2,1-3H3/b8-6+. The lowest BCUT2D eigenvalue weighted by Gasteiger charge is -2.24. The average Bonchev–Trinajstić information content (AvgIpc) is 2.57. The van der Waals surface area contributed by atoms with E-state index in [1.165, 1.54) is 0 Å². The number of sulfone groups is 1. The molecule has 0 aromatic heterocycles. The zero-order valence-corrected chi connectivity index (χ0v) is 17.8. The first-order valence-electron chi connectivity index (χ1n) is 9.29. The van der Waals surface area contributed by atoms with Gasteiger partial charge in [0.15, 0.2) is 21.1 Å². The molecule has 0 aromatic rings. The first kappa shape index (κ1) is 23.8. The zero-order chi connectivity index (χ0) is 19.5.